The van der Waals surface area contributed by atoms with Crippen molar-refractivity contribution < 1.29 is 9.59 Å². The van der Waals surface area contributed by atoms with Gasteiger partial charge in [0.1, 0.15) is 5.69 Å². The van der Waals surface area contributed by atoms with Crippen molar-refractivity contribution in [2.45, 2.75) is 13.3 Å². The maximum Gasteiger partial charge on any atom is 0.269 e. The number of nitrogens with zero attached hydrogens (tertiary/aromatic N) is 4. The summed E-state index contributed by atoms with van der Waals surface area (Å²) in [5.41, 5.74) is 3.83. The van der Waals surface area contributed by atoms with Gasteiger partial charge in [0.2, 0.25) is 5.91 Å². The van der Waals surface area contributed by atoms with E-state index in [9.17, 15) is 9.59 Å². The van der Waals surface area contributed by atoms with Crippen LogP contribution in [-0.2, 0) is 11.8 Å². The van der Waals surface area contributed by atoms with E-state index in [1.165, 1.54) is 0 Å². The average molecular weight is 378 g/mol. The molecule has 2 aromatic heterocycles. The van der Waals surface area contributed by atoms with E-state index in [2.05, 4.69) is 20.6 Å². The molecule has 1 aromatic carbocycles. The molecule has 144 valence electrons. The Balaban J connectivity index is 1.36. The number of hydrogen-bond acceptors (Lipinski definition) is 4. The first-order valence-electron chi connectivity index (χ1n) is 9.21. The Bertz CT molecular complexity index is 1010. The minimum atomic E-state index is -0.231. The number of nitrogens with one attached hydrogen (secondary N) is 2. The number of carbonyl (C=O) groups excluding carboxylic acids is 2. The Morgan fingerprint density at radius 1 is 1.32 bits per heavy atom. The molecule has 1 atom stereocenters. The third kappa shape index (κ3) is 3.40. The number of amides is 2. The van der Waals surface area contributed by atoms with Gasteiger partial charge in [-0.15, -0.1) is 0 Å². The molecular formula is C20H22N6O2. The summed E-state index contributed by atoms with van der Waals surface area (Å²) in [5.74, 6) is -0.0631. The van der Waals surface area contributed by atoms with Gasteiger partial charge >= 0.3 is 0 Å². The maximum atomic E-state index is 12.5. The van der Waals surface area contributed by atoms with E-state index < -0.39 is 0 Å². The van der Waals surface area contributed by atoms with Crippen LogP contribution in [0.5, 0.6) is 0 Å². The SMILES string of the molecule is Cc1c(-c2cc(C(=O)NC[C@@H]3CC(=O)N(c4ccccc4)C3)[nH]n2)cnn1C. The maximum absolute atomic E-state index is 12.5. The first-order chi connectivity index (χ1) is 13.5. The number of benzene rings is 1. The van der Waals surface area contributed by atoms with E-state index >= 15 is 0 Å². The second kappa shape index (κ2) is 7.30. The Kier molecular flexibility index (Phi) is 4.68. The van der Waals surface area contributed by atoms with Crippen LogP contribution >= 0.6 is 0 Å². The molecule has 3 heterocycles. The molecule has 4 rings (SSSR count). The van der Waals surface area contributed by atoms with E-state index in [4.69, 9.17) is 0 Å². The van der Waals surface area contributed by atoms with Gasteiger partial charge in [-0.2, -0.15) is 10.2 Å². The smallest absolute Gasteiger partial charge is 0.269 e. The minimum Gasteiger partial charge on any atom is -0.350 e. The molecule has 0 spiro atoms. The Morgan fingerprint density at radius 3 is 2.82 bits per heavy atom. The van der Waals surface area contributed by atoms with E-state index in [0.29, 0.717) is 30.9 Å². The fourth-order valence-corrected chi connectivity index (χ4v) is 3.43. The zero-order valence-electron chi connectivity index (χ0n) is 15.8. The van der Waals surface area contributed by atoms with Gasteiger partial charge in [-0.25, -0.2) is 0 Å². The lowest BCUT2D eigenvalue weighted by atomic mass is 10.1. The van der Waals surface area contributed by atoms with Crippen molar-refractivity contribution >= 4 is 17.5 Å². The van der Waals surface area contributed by atoms with Crippen LogP contribution in [0.1, 0.15) is 22.6 Å². The van der Waals surface area contributed by atoms with Crippen molar-refractivity contribution in [2.75, 3.05) is 18.0 Å². The molecule has 1 saturated heterocycles. The minimum absolute atomic E-state index is 0.0830. The third-order valence-corrected chi connectivity index (χ3v) is 5.16. The number of anilines is 1. The highest BCUT2D eigenvalue weighted by Gasteiger charge is 2.30. The summed E-state index contributed by atoms with van der Waals surface area (Å²) in [7, 11) is 1.86. The number of H-pyrrole nitrogens is 1. The predicted octanol–water partition coefficient (Wildman–Crippen LogP) is 1.90. The highest BCUT2D eigenvalue weighted by Crippen LogP contribution is 2.24. The van der Waals surface area contributed by atoms with Crippen molar-refractivity contribution in [3.63, 3.8) is 0 Å². The molecule has 0 saturated carbocycles. The first kappa shape index (κ1) is 18.0. The summed E-state index contributed by atoms with van der Waals surface area (Å²) >= 11 is 0. The van der Waals surface area contributed by atoms with E-state index in [1.54, 1.807) is 21.8 Å². The summed E-state index contributed by atoms with van der Waals surface area (Å²) in [4.78, 5) is 26.5. The molecule has 8 nitrogen and oxygen atoms in total. The van der Waals surface area contributed by atoms with E-state index in [-0.39, 0.29) is 17.7 Å². The van der Waals surface area contributed by atoms with Crippen LogP contribution in [0.3, 0.4) is 0 Å². The molecule has 28 heavy (non-hydrogen) atoms. The molecule has 2 N–H and O–H groups in total. The van der Waals surface area contributed by atoms with Gasteiger partial charge in [-0.1, -0.05) is 18.2 Å². The van der Waals surface area contributed by atoms with Crippen LogP contribution in [0.25, 0.3) is 11.3 Å². The van der Waals surface area contributed by atoms with Gasteiger partial charge in [-0.3, -0.25) is 19.4 Å². The second-order valence-electron chi connectivity index (χ2n) is 7.05. The van der Waals surface area contributed by atoms with Gasteiger partial charge in [0, 0.05) is 49.4 Å². The van der Waals surface area contributed by atoms with Crippen molar-refractivity contribution in [3.8, 4) is 11.3 Å². The van der Waals surface area contributed by atoms with Crippen LogP contribution in [0.2, 0.25) is 0 Å². The van der Waals surface area contributed by atoms with Gasteiger partial charge in [-0.05, 0) is 25.1 Å². The van der Waals surface area contributed by atoms with Crippen molar-refractivity contribution in [1.29, 1.82) is 0 Å². The number of aryl methyl sites for hydroxylation is 1. The van der Waals surface area contributed by atoms with Gasteiger partial charge in [0.15, 0.2) is 0 Å². The molecule has 0 aliphatic carbocycles. The topological polar surface area (TPSA) is 95.9 Å². The van der Waals surface area contributed by atoms with Crippen molar-refractivity contribution in [2.24, 2.45) is 13.0 Å². The molecule has 1 fully saturated rings. The normalized spacial score (nSPS) is 16.6. The van der Waals surface area contributed by atoms with Gasteiger partial charge in [0.25, 0.3) is 5.91 Å². The lowest BCUT2D eigenvalue weighted by Crippen LogP contribution is -2.31. The molecule has 3 aromatic rings. The summed E-state index contributed by atoms with van der Waals surface area (Å²) in [5, 5.41) is 14.1. The van der Waals surface area contributed by atoms with E-state index in [0.717, 1.165) is 16.9 Å². The summed E-state index contributed by atoms with van der Waals surface area (Å²) in [6, 6.07) is 11.3. The third-order valence-electron chi connectivity index (χ3n) is 5.16. The summed E-state index contributed by atoms with van der Waals surface area (Å²) < 4.78 is 1.76. The molecule has 0 radical (unpaired) electrons. The Labute approximate surface area is 162 Å². The first-order valence-corrected chi connectivity index (χ1v) is 9.21. The lowest BCUT2D eigenvalue weighted by molar-refractivity contribution is -0.117. The van der Waals surface area contributed by atoms with Crippen LogP contribution in [0.4, 0.5) is 5.69 Å². The van der Waals surface area contributed by atoms with Crippen molar-refractivity contribution in [3.05, 3.63) is 54.0 Å². The Morgan fingerprint density at radius 2 is 2.11 bits per heavy atom. The standard InChI is InChI=1S/C20H22N6O2/c1-13-16(11-22-25(13)2)17-9-18(24-23-17)20(28)21-10-14-8-19(27)26(12-14)15-6-4-3-5-7-15/h3-7,9,11,14H,8,10,12H2,1-2H3,(H,21,28)(H,23,24)/t14-/m0/s1. The van der Waals surface area contributed by atoms with Gasteiger partial charge in [0.05, 0.1) is 11.9 Å². The largest absolute Gasteiger partial charge is 0.350 e. The van der Waals surface area contributed by atoms with Crippen LogP contribution in [-0.4, -0.2) is 44.9 Å². The lowest BCUT2D eigenvalue weighted by Gasteiger charge is -2.16. The molecule has 1 aliphatic rings. The molecule has 2 amide bonds. The van der Waals surface area contributed by atoms with E-state index in [1.807, 2.05) is 44.3 Å². The van der Waals surface area contributed by atoms with Crippen LogP contribution < -0.4 is 10.2 Å². The Hall–Kier alpha value is -3.42. The molecule has 8 heteroatoms. The van der Waals surface area contributed by atoms with Crippen molar-refractivity contribution in [1.82, 2.24) is 25.3 Å². The number of rotatable bonds is 5. The monoisotopic (exact) mass is 378 g/mol. The molecule has 0 unspecified atom stereocenters. The fourth-order valence-electron chi connectivity index (χ4n) is 3.43. The number of para-hydroxylation sites is 1. The number of aromatic amines is 1. The summed E-state index contributed by atoms with van der Waals surface area (Å²) in [6.07, 6.45) is 2.16. The quantitative estimate of drug-likeness (QED) is 0.709. The highest BCUT2D eigenvalue weighted by molar-refractivity contribution is 5.96. The average Bonchev–Trinajstić information content (AvgIpc) is 3.41. The van der Waals surface area contributed by atoms with Crippen LogP contribution in [0, 0.1) is 12.8 Å². The summed E-state index contributed by atoms with van der Waals surface area (Å²) in [6.45, 7) is 2.99. The fraction of sp³-hybridized carbons (Fsp3) is 0.300. The zero-order chi connectivity index (χ0) is 19.7. The zero-order valence-corrected chi connectivity index (χ0v) is 15.8. The molecular weight excluding hydrogens is 356 g/mol. The van der Waals surface area contributed by atoms with Crippen LogP contribution in [0.15, 0.2) is 42.6 Å². The molecule has 1 aliphatic heterocycles. The van der Waals surface area contributed by atoms with Gasteiger partial charge < -0.3 is 10.2 Å². The molecule has 0 bridgehead atoms. The predicted molar refractivity (Wildman–Crippen MR) is 105 cm³/mol. The highest BCUT2D eigenvalue weighted by atomic mass is 16.2. The number of hydrogen-bond donors (Lipinski definition) is 2. The number of carbonyl (C=O) groups is 2. The second-order valence-corrected chi connectivity index (χ2v) is 7.05. The number of aromatic nitrogens is 4.